The molecule has 0 bridgehead atoms. The SMILES string of the molecule is CCOC(C(O)Cc1cc(Br)cc2c1OCC2)C(C)(C)C. The Kier molecular flexibility index (Phi) is 5.33. The van der Waals surface area contributed by atoms with Gasteiger partial charge in [0.15, 0.2) is 0 Å². The summed E-state index contributed by atoms with van der Waals surface area (Å²) in [5.74, 6) is 0.946. The van der Waals surface area contributed by atoms with Crippen molar-refractivity contribution in [3.63, 3.8) is 0 Å². The molecule has 3 nitrogen and oxygen atoms in total. The van der Waals surface area contributed by atoms with Gasteiger partial charge in [0.25, 0.3) is 0 Å². The quantitative estimate of drug-likeness (QED) is 0.873. The lowest BCUT2D eigenvalue weighted by Gasteiger charge is -2.34. The maximum Gasteiger partial charge on any atom is 0.125 e. The summed E-state index contributed by atoms with van der Waals surface area (Å²) >= 11 is 3.54. The van der Waals surface area contributed by atoms with Crippen LogP contribution in [0.5, 0.6) is 5.75 Å². The smallest absolute Gasteiger partial charge is 0.125 e. The summed E-state index contributed by atoms with van der Waals surface area (Å²) in [7, 11) is 0. The minimum atomic E-state index is -0.549. The van der Waals surface area contributed by atoms with Crippen molar-refractivity contribution < 1.29 is 14.6 Å². The minimum Gasteiger partial charge on any atom is -0.493 e. The molecule has 0 saturated heterocycles. The first kappa shape index (κ1) is 16.8. The van der Waals surface area contributed by atoms with E-state index in [4.69, 9.17) is 9.47 Å². The number of hydrogen-bond acceptors (Lipinski definition) is 3. The average molecular weight is 357 g/mol. The molecule has 2 atom stereocenters. The van der Waals surface area contributed by atoms with Gasteiger partial charge in [-0.15, -0.1) is 0 Å². The largest absolute Gasteiger partial charge is 0.493 e. The molecule has 0 aromatic heterocycles. The average Bonchev–Trinajstić information content (AvgIpc) is 2.82. The fourth-order valence-electron chi connectivity index (χ4n) is 2.95. The van der Waals surface area contributed by atoms with Gasteiger partial charge in [-0.1, -0.05) is 36.7 Å². The van der Waals surface area contributed by atoms with Crippen LogP contribution < -0.4 is 4.74 Å². The molecule has 2 unspecified atom stereocenters. The van der Waals surface area contributed by atoms with Crippen molar-refractivity contribution in [1.29, 1.82) is 0 Å². The molecule has 0 amide bonds. The predicted molar refractivity (Wildman–Crippen MR) is 87.9 cm³/mol. The molecule has 1 aliphatic heterocycles. The Morgan fingerprint density at radius 1 is 1.38 bits per heavy atom. The van der Waals surface area contributed by atoms with Crippen LogP contribution >= 0.6 is 15.9 Å². The zero-order chi connectivity index (χ0) is 15.6. The van der Waals surface area contributed by atoms with E-state index < -0.39 is 6.10 Å². The molecule has 4 heteroatoms. The van der Waals surface area contributed by atoms with E-state index in [1.807, 2.05) is 13.0 Å². The number of hydrogen-bond donors (Lipinski definition) is 1. The number of aliphatic hydroxyl groups is 1. The monoisotopic (exact) mass is 356 g/mol. The van der Waals surface area contributed by atoms with Crippen LogP contribution in [-0.4, -0.2) is 30.5 Å². The summed E-state index contributed by atoms with van der Waals surface area (Å²) < 4.78 is 12.6. The third-order valence-corrected chi connectivity index (χ3v) is 4.26. The molecule has 1 aromatic rings. The Bertz CT molecular complexity index is 494. The van der Waals surface area contributed by atoms with Crippen molar-refractivity contribution in [2.45, 2.75) is 52.7 Å². The first-order valence-electron chi connectivity index (χ1n) is 7.56. The van der Waals surface area contributed by atoms with Gasteiger partial charge in [0.1, 0.15) is 5.75 Å². The summed E-state index contributed by atoms with van der Waals surface area (Å²) in [4.78, 5) is 0. The van der Waals surface area contributed by atoms with Crippen molar-refractivity contribution in [2.75, 3.05) is 13.2 Å². The zero-order valence-corrected chi connectivity index (χ0v) is 14.9. The number of ether oxygens (including phenoxy) is 2. The van der Waals surface area contributed by atoms with Gasteiger partial charge in [-0.25, -0.2) is 0 Å². The van der Waals surface area contributed by atoms with Crippen LogP contribution in [0.25, 0.3) is 0 Å². The van der Waals surface area contributed by atoms with Crippen LogP contribution in [-0.2, 0) is 17.6 Å². The maximum absolute atomic E-state index is 10.7. The first-order chi connectivity index (χ1) is 9.82. The van der Waals surface area contributed by atoms with Crippen molar-refractivity contribution in [3.05, 3.63) is 27.7 Å². The van der Waals surface area contributed by atoms with Crippen LogP contribution in [0, 0.1) is 5.41 Å². The Hall–Kier alpha value is -0.580. The van der Waals surface area contributed by atoms with E-state index in [9.17, 15) is 5.11 Å². The molecule has 2 rings (SSSR count). The second-order valence-electron chi connectivity index (χ2n) is 6.67. The van der Waals surface area contributed by atoms with E-state index >= 15 is 0 Å². The Morgan fingerprint density at radius 3 is 2.71 bits per heavy atom. The van der Waals surface area contributed by atoms with E-state index in [2.05, 4.69) is 42.8 Å². The molecular weight excluding hydrogens is 332 g/mol. The molecule has 0 radical (unpaired) electrons. The number of halogens is 1. The number of rotatable bonds is 5. The van der Waals surface area contributed by atoms with Crippen LogP contribution in [0.1, 0.15) is 38.8 Å². The summed E-state index contributed by atoms with van der Waals surface area (Å²) in [6, 6.07) is 4.14. The highest BCUT2D eigenvalue weighted by Crippen LogP contribution is 2.35. The maximum atomic E-state index is 10.7. The highest BCUT2D eigenvalue weighted by Gasteiger charge is 2.33. The fraction of sp³-hybridized carbons (Fsp3) is 0.647. The molecular formula is C17H25BrO3. The Labute approximate surface area is 135 Å². The number of fused-ring (bicyclic) bond motifs is 1. The van der Waals surface area contributed by atoms with Crippen LogP contribution in [0.3, 0.4) is 0 Å². The summed E-state index contributed by atoms with van der Waals surface area (Å²) in [6.07, 6.45) is 0.738. The van der Waals surface area contributed by atoms with Gasteiger partial charge in [0, 0.05) is 23.9 Å². The third-order valence-electron chi connectivity index (χ3n) is 3.80. The molecule has 0 saturated carbocycles. The highest BCUT2D eigenvalue weighted by atomic mass is 79.9. The van der Waals surface area contributed by atoms with E-state index in [1.54, 1.807) is 0 Å². The second kappa shape index (κ2) is 6.67. The molecule has 0 spiro atoms. The lowest BCUT2D eigenvalue weighted by atomic mass is 9.83. The first-order valence-corrected chi connectivity index (χ1v) is 8.36. The van der Waals surface area contributed by atoms with Gasteiger partial charge in [0.2, 0.25) is 0 Å². The Morgan fingerprint density at radius 2 is 2.10 bits per heavy atom. The fourth-order valence-corrected chi connectivity index (χ4v) is 3.50. The van der Waals surface area contributed by atoms with Gasteiger partial charge in [0.05, 0.1) is 18.8 Å². The van der Waals surface area contributed by atoms with Crippen molar-refractivity contribution in [1.82, 2.24) is 0 Å². The molecule has 1 aliphatic rings. The number of benzene rings is 1. The number of aliphatic hydroxyl groups excluding tert-OH is 1. The summed E-state index contributed by atoms with van der Waals surface area (Å²) in [6.45, 7) is 9.58. The van der Waals surface area contributed by atoms with E-state index in [-0.39, 0.29) is 11.5 Å². The normalized spacial score (nSPS) is 17.2. The van der Waals surface area contributed by atoms with Gasteiger partial charge in [-0.2, -0.15) is 0 Å². The van der Waals surface area contributed by atoms with Gasteiger partial charge >= 0.3 is 0 Å². The van der Waals surface area contributed by atoms with Gasteiger partial charge in [-0.3, -0.25) is 0 Å². The van der Waals surface area contributed by atoms with Gasteiger partial charge in [-0.05, 0) is 35.6 Å². The predicted octanol–water partition coefficient (Wildman–Crippen LogP) is 3.74. The summed E-state index contributed by atoms with van der Waals surface area (Å²) in [5.41, 5.74) is 2.17. The molecule has 118 valence electrons. The lowest BCUT2D eigenvalue weighted by Crippen LogP contribution is -2.41. The molecule has 0 aliphatic carbocycles. The van der Waals surface area contributed by atoms with Crippen molar-refractivity contribution in [2.24, 2.45) is 5.41 Å². The van der Waals surface area contributed by atoms with Crippen LogP contribution in [0.2, 0.25) is 0 Å². The molecule has 1 N–H and O–H groups in total. The minimum absolute atomic E-state index is 0.106. The molecule has 21 heavy (non-hydrogen) atoms. The molecule has 0 fully saturated rings. The third kappa shape index (κ3) is 3.99. The summed E-state index contributed by atoms with van der Waals surface area (Å²) in [5, 5.41) is 10.7. The zero-order valence-electron chi connectivity index (χ0n) is 13.3. The second-order valence-corrected chi connectivity index (χ2v) is 7.58. The molecule has 1 heterocycles. The molecule has 1 aromatic carbocycles. The van der Waals surface area contributed by atoms with Gasteiger partial charge < -0.3 is 14.6 Å². The highest BCUT2D eigenvalue weighted by molar-refractivity contribution is 9.10. The van der Waals surface area contributed by atoms with Crippen molar-refractivity contribution in [3.8, 4) is 5.75 Å². The standard InChI is InChI=1S/C17H25BrO3/c1-5-20-16(17(2,3)4)14(19)10-12-9-13(18)8-11-6-7-21-15(11)12/h8-9,14,16,19H,5-7,10H2,1-4H3. The Balaban J connectivity index is 2.21. The van der Waals surface area contributed by atoms with E-state index in [1.165, 1.54) is 5.56 Å². The van der Waals surface area contributed by atoms with E-state index in [0.717, 1.165) is 28.8 Å². The van der Waals surface area contributed by atoms with Crippen LogP contribution in [0.4, 0.5) is 0 Å². The topological polar surface area (TPSA) is 38.7 Å². The lowest BCUT2D eigenvalue weighted by molar-refractivity contribution is -0.0874. The van der Waals surface area contributed by atoms with E-state index in [0.29, 0.717) is 13.0 Å². The van der Waals surface area contributed by atoms with Crippen molar-refractivity contribution >= 4 is 15.9 Å². The van der Waals surface area contributed by atoms with Crippen LogP contribution in [0.15, 0.2) is 16.6 Å².